The van der Waals surface area contributed by atoms with E-state index < -0.39 is 34.4 Å². The maximum atomic E-state index is 14.1. The third-order valence-electron chi connectivity index (χ3n) is 4.09. The fourth-order valence-corrected chi connectivity index (χ4v) is 2.73. The highest BCUT2D eigenvalue weighted by atomic mass is 19.4. The lowest BCUT2D eigenvalue weighted by Gasteiger charge is -2.14. The largest absolute Gasteiger partial charge is 0.495 e. The second kappa shape index (κ2) is 8.66. The number of nitrogens with one attached hydrogen (secondary N) is 2. The summed E-state index contributed by atoms with van der Waals surface area (Å²) in [7, 11) is 0.973. The van der Waals surface area contributed by atoms with Gasteiger partial charge in [-0.25, -0.2) is 14.8 Å². The van der Waals surface area contributed by atoms with Crippen molar-refractivity contribution in [3.8, 4) is 23.1 Å². The van der Waals surface area contributed by atoms with E-state index in [1.807, 2.05) is 0 Å². The van der Waals surface area contributed by atoms with Gasteiger partial charge < -0.3 is 4.74 Å². The van der Waals surface area contributed by atoms with Gasteiger partial charge in [0.05, 0.1) is 30.1 Å². The minimum atomic E-state index is -4.76. The SMILES string of the molecule is COc1c(C(F)(F)F)ccc(F)c1C=NNc1nc(-c2ccccc2)c(C#N)c(=O)[nH]1. The van der Waals surface area contributed by atoms with Crippen LogP contribution >= 0.6 is 0 Å². The molecule has 0 amide bonds. The Bertz CT molecular complexity index is 1230. The molecule has 11 heteroatoms. The zero-order valence-electron chi connectivity index (χ0n) is 15.8. The number of ether oxygens (including phenoxy) is 1. The van der Waals surface area contributed by atoms with Crippen molar-refractivity contribution in [3.63, 3.8) is 0 Å². The molecule has 158 valence electrons. The standard InChI is InChI=1S/C20H13F4N5O2/c1-31-17-13(15(21)8-7-14(17)20(22,23)24)10-26-29-19-27-16(11-5-3-2-4-6-11)12(9-25)18(30)28-19/h2-8,10H,1H3,(H2,27,28,29,30). The van der Waals surface area contributed by atoms with Crippen LogP contribution in [-0.2, 0) is 6.18 Å². The fourth-order valence-electron chi connectivity index (χ4n) is 2.73. The summed E-state index contributed by atoms with van der Waals surface area (Å²) in [5.41, 5.74) is 0.180. The first kappa shape index (κ1) is 21.5. The first-order valence-electron chi connectivity index (χ1n) is 8.59. The summed E-state index contributed by atoms with van der Waals surface area (Å²) >= 11 is 0. The Morgan fingerprint density at radius 3 is 2.55 bits per heavy atom. The molecule has 2 aromatic carbocycles. The Kier molecular flexibility index (Phi) is 6.01. The van der Waals surface area contributed by atoms with Gasteiger partial charge in [0.15, 0.2) is 0 Å². The maximum absolute atomic E-state index is 14.1. The number of halogens is 4. The first-order valence-corrected chi connectivity index (χ1v) is 8.59. The molecule has 31 heavy (non-hydrogen) atoms. The molecule has 0 saturated carbocycles. The van der Waals surface area contributed by atoms with Gasteiger partial charge in [0.1, 0.15) is 23.2 Å². The van der Waals surface area contributed by atoms with Gasteiger partial charge in [-0.1, -0.05) is 30.3 Å². The second-order valence-electron chi connectivity index (χ2n) is 6.03. The van der Waals surface area contributed by atoms with Crippen molar-refractivity contribution >= 4 is 12.2 Å². The first-order chi connectivity index (χ1) is 14.8. The Morgan fingerprint density at radius 1 is 1.23 bits per heavy atom. The average molecular weight is 431 g/mol. The van der Waals surface area contributed by atoms with Gasteiger partial charge in [0.2, 0.25) is 5.95 Å². The van der Waals surface area contributed by atoms with Gasteiger partial charge in [-0.15, -0.1) is 0 Å². The molecule has 3 rings (SSSR count). The molecule has 0 aliphatic rings. The molecule has 0 aliphatic heterocycles. The molecule has 0 unspecified atom stereocenters. The highest BCUT2D eigenvalue weighted by Crippen LogP contribution is 2.38. The van der Waals surface area contributed by atoms with E-state index in [9.17, 15) is 27.6 Å². The van der Waals surface area contributed by atoms with E-state index in [0.29, 0.717) is 17.7 Å². The van der Waals surface area contributed by atoms with Crippen molar-refractivity contribution in [2.24, 2.45) is 5.10 Å². The molecule has 0 saturated heterocycles. The molecule has 0 atom stereocenters. The number of H-pyrrole nitrogens is 1. The lowest BCUT2D eigenvalue weighted by molar-refractivity contribution is -0.138. The summed E-state index contributed by atoms with van der Waals surface area (Å²) < 4.78 is 58.2. The van der Waals surface area contributed by atoms with Gasteiger partial charge in [-0.05, 0) is 12.1 Å². The third-order valence-corrected chi connectivity index (χ3v) is 4.09. The van der Waals surface area contributed by atoms with Crippen LogP contribution in [-0.4, -0.2) is 23.3 Å². The molecule has 3 aromatic rings. The van der Waals surface area contributed by atoms with E-state index >= 15 is 0 Å². The number of nitriles is 1. The van der Waals surface area contributed by atoms with E-state index in [2.05, 4.69) is 20.5 Å². The Morgan fingerprint density at radius 2 is 1.94 bits per heavy atom. The van der Waals surface area contributed by atoms with Crippen LogP contribution in [0.15, 0.2) is 52.4 Å². The van der Waals surface area contributed by atoms with Crippen LogP contribution in [0.5, 0.6) is 5.75 Å². The molecule has 0 fully saturated rings. The predicted molar refractivity (Wildman–Crippen MR) is 104 cm³/mol. The topological polar surface area (TPSA) is 103 Å². The van der Waals surface area contributed by atoms with Crippen LogP contribution < -0.4 is 15.7 Å². The van der Waals surface area contributed by atoms with Crippen LogP contribution in [0.4, 0.5) is 23.5 Å². The Hall–Kier alpha value is -4.20. The summed E-state index contributed by atoms with van der Waals surface area (Å²) in [6.07, 6.45) is -4.00. The number of methoxy groups -OCH3 is 1. The number of hydrogen-bond donors (Lipinski definition) is 2. The molecular formula is C20H13F4N5O2. The van der Waals surface area contributed by atoms with Crippen LogP contribution in [0.1, 0.15) is 16.7 Å². The molecule has 0 spiro atoms. The smallest absolute Gasteiger partial charge is 0.419 e. The molecule has 2 N–H and O–H groups in total. The summed E-state index contributed by atoms with van der Waals surface area (Å²) in [5, 5.41) is 12.9. The van der Waals surface area contributed by atoms with Crippen molar-refractivity contribution < 1.29 is 22.3 Å². The number of aromatic amines is 1. The number of hydrazone groups is 1. The summed E-state index contributed by atoms with van der Waals surface area (Å²) in [5.74, 6) is -1.95. The monoisotopic (exact) mass is 431 g/mol. The van der Waals surface area contributed by atoms with E-state index in [1.54, 1.807) is 36.4 Å². The highest BCUT2D eigenvalue weighted by Gasteiger charge is 2.36. The van der Waals surface area contributed by atoms with Crippen LogP contribution in [0.2, 0.25) is 0 Å². The third kappa shape index (κ3) is 4.53. The molecule has 7 nitrogen and oxygen atoms in total. The zero-order valence-corrected chi connectivity index (χ0v) is 15.8. The van der Waals surface area contributed by atoms with Gasteiger partial charge in [0.25, 0.3) is 5.56 Å². The minimum Gasteiger partial charge on any atom is -0.495 e. The summed E-state index contributed by atoms with van der Waals surface area (Å²) in [4.78, 5) is 18.6. The van der Waals surface area contributed by atoms with Crippen LogP contribution in [0, 0.1) is 17.1 Å². The van der Waals surface area contributed by atoms with E-state index in [0.717, 1.165) is 13.3 Å². The maximum Gasteiger partial charge on any atom is 0.419 e. The fraction of sp³-hybridized carbons (Fsp3) is 0.100. The van der Waals surface area contributed by atoms with Crippen molar-refractivity contribution in [1.82, 2.24) is 9.97 Å². The number of aromatic nitrogens is 2. The summed E-state index contributed by atoms with van der Waals surface area (Å²) in [6, 6.07) is 11.4. The zero-order chi connectivity index (χ0) is 22.6. The minimum absolute atomic E-state index is 0.0763. The van der Waals surface area contributed by atoms with E-state index in [1.165, 1.54) is 0 Å². The van der Waals surface area contributed by atoms with Crippen molar-refractivity contribution in [2.45, 2.75) is 6.18 Å². The van der Waals surface area contributed by atoms with Crippen molar-refractivity contribution in [2.75, 3.05) is 12.5 Å². The quantitative estimate of drug-likeness (QED) is 0.362. The molecule has 0 aliphatic carbocycles. The number of hydrogen-bond acceptors (Lipinski definition) is 6. The number of anilines is 1. The molecule has 0 bridgehead atoms. The molecule has 1 heterocycles. The lowest BCUT2D eigenvalue weighted by Crippen LogP contribution is -2.16. The Balaban J connectivity index is 1.98. The van der Waals surface area contributed by atoms with E-state index in [-0.39, 0.29) is 17.2 Å². The van der Waals surface area contributed by atoms with Gasteiger partial charge in [-0.2, -0.15) is 23.5 Å². The van der Waals surface area contributed by atoms with Crippen LogP contribution in [0.3, 0.4) is 0 Å². The summed E-state index contributed by atoms with van der Waals surface area (Å²) in [6.45, 7) is 0. The second-order valence-corrected chi connectivity index (χ2v) is 6.03. The van der Waals surface area contributed by atoms with Crippen LogP contribution in [0.25, 0.3) is 11.3 Å². The van der Waals surface area contributed by atoms with Crippen molar-refractivity contribution in [1.29, 1.82) is 5.26 Å². The van der Waals surface area contributed by atoms with E-state index in [4.69, 9.17) is 4.74 Å². The van der Waals surface area contributed by atoms with Gasteiger partial charge in [-0.3, -0.25) is 9.78 Å². The molecule has 0 radical (unpaired) electrons. The average Bonchev–Trinajstić information content (AvgIpc) is 2.74. The van der Waals surface area contributed by atoms with Gasteiger partial charge >= 0.3 is 6.18 Å². The normalized spacial score (nSPS) is 11.4. The molecular weight excluding hydrogens is 418 g/mol. The highest BCUT2D eigenvalue weighted by molar-refractivity contribution is 5.85. The lowest BCUT2D eigenvalue weighted by atomic mass is 10.1. The number of alkyl halides is 3. The van der Waals surface area contributed by atoms with Gasteiger partial charge in [0, 0.05) is 5.56 Å². The predicted octanol–water partition coefficient (Wildman–Crippen LogP) is 3.92. The van der Waals surface area contributed by atoms with Crippen molar-refractivity contribution in [3.05, 3.63) is 75.3 Å². The number of rotatable bonds is 5. The molecule has 1 aromatic heterocycles. The Labute approximate surface area is 172 Å². The number of benzene rings is 2. The number of nitrogens with zero attached hydrogens (tertiary/aromatic N) is 3.